The van der Waals surface area contributed by atoms with Crippen LogP contribution in [0, 0.1) is 0 Å². The molecule has 1 heterocycles. The van der Waals surface area contributed by atoms with Gasteiger partial charge in [0.05, 0.1) is 10.2 Å². The fourth-order valence-corrected chi connectivity index (χ4v) is 2.78. The van der Waals surface area contributed by atoms with E-state index < -0.39 is 0 Å². The smallest absolute Gasteiger partial charge is 0.161 e. The fraction of sp³-hybridized carbons (Fsp3) is 0.375. The van der Waals surface area contributed by atoms with Crippen LogP contribution in [0.2, 0.25) is 5.15 Å². The van der Waals surface area contributed by atoms with Crippen LogP contribution in [0.15, 0.2) is 28.7 Å². The Morgan fingerprint density at radius 3 is 2.05 bits per heavy atom. The molecule has 0 radical (unpaired) electrons. The molecule has 20 heavy (non-hydrogen) atoms. The Kier molecular flexibility index (Phi) is 4.82. The maximum absolute atomic E-state index is 6.20. The maximum atomic E-state index is 6.20. The summed E-state index contributed by atoms with van der Waals surface area (Å²) >= 11 is 9.66. The van der Waals surface area contributed by atoms with Crippen molar-refractivity contribution in [2.45, 2.75) is 39.5 Å². The van der Waals surface area contributed by atoms with Crippen molar-refractivity contribution in [1.29, 1.82) is 0 Å². The Labute approximate surface area is 133 Å². The van der Waals surface area contributed by atoms with E-state index in [1.807, 2.05) is 0 Å². The molecule has 0 fully saturated rings. The van der Waals surface area contributed by atoms with E-state index in [0.717, 1.165) is 15.7 Å². The van der Waals surface area contributed by atoms with Gasteiger partial charge >= 0.3 is 0 Å². The van der Waals surface area contributed by atoms with E-state index in [2.05, 4.69) is 77.9 Å². The van der Waals surface area contributed by atoms with E-state index in [-0.39, 0.29) is 0 Å². The minimum Gasteiger partial charge on any atom is -0.232 e. The Morgan fingerprint density at radius 1 is 0.950 bits per heavy atom. The normalized spacial score (nSPS) is 11.4. The molecule has 4 heteroatoms. The van der Waals surface area contributed by atoms with Crippen LogP contribution in [0.5, 0.6) is 0 Å². The van der Waals surface area contributed by atoms with Gasteiger partial charge in [-0.05, 0) is 33.3 Å². The standard InChI is InChI=1S/C16H18BrClN2/c1-9(2)11-5-7-12(8-6-11)16-19-14(10(3)4)13(17)15(18)20-16/h5-10H,1-4H3. The molecule has 0 aliphatic heterocycles. The van der Waals surface area contributed by atoms with Crippen molar-refractivity contribution < 1.29 is 0 Å². The van der Waals surface area contributed by atoms with Gasteiger partial charge in [0.25, 0.3) is 0 Å². The van der Waals surface area contributed by atoms with Crippen LogP contribution < -0.4 is 0 Å². The van der Waals surface area contributed by atoms with Crippen LogP contribution in [0.3, 0.4) is 0 Å². The Bertz CT molecular complexity index is 607. The minimum atomic E-state index is 0.290. The lowest BCUT2D eigenvalue weighted by Crippen LogP contribution is -2.00. The molecular weight excluding hydrogens is 336 g/mol. The van der Waals surface area contributed by atoms with E-state index in [1.54, 1.807) is 0 Å². The van der Waals surface area contributed by atoms with Gasteiger partial charge in [0.1, 0.15) is 5.15 Å². The van der Waals surface area contributed by atoms with Crippen molar-refractivity contribution in [2.24, 2.45) is 0 Å². The number of hydrogen-bond acceptors (Lipinski definition) is 2. The number of rotatable bonds is 3. The molecule has 1 aromatic carbocycles. The maximum Gasteiger partial charge on any atom is 0.161 e. The highest BCUT2D eigenvalue weighted by molar-refractivity contribution is 9.10. The van der Waals surface area contributed by atoms with Crippen LogP contribution >= 0.6 is 27.5 Å². The van der Waals surface area contributed by atoms with Crippen molar-refractivity contribution in [3.8, 4) is 11.4 Å². The second-order valence-corrected chi connectivity index (χ2v) is 6.62. The second-order valence-electron chi connectivity index (χ2n) is 5.47. The first-order valence-electron chi connectivity index (χ1n) is 6.73. The third-order valence-electron chi connectivity index (χ3n) is 3.22. The van der Waals surface area contributed by atoms with Crippen LogP contribution in [-0.4, -0.2) is 9.97 Å². The van der Waals surface area contributed by atoms with Gasteiger partial charge in [-0.3, -0.25) is 0 Å². The predicted molar refractivity (Wildman–Crippen MR) is 88.4 cm³/mol. The average Bonchev–Trinajstić information content (AvgIpc) is 2.41. The van der Waals surface area contributed by atoms with E-state index in [9.17, 15) is 0 Å². The van der Waals surface area contributed by atoms with Crippen molar-refractivity contribution in [3.05, 3.63) is 45.1 Å². The van der Waals surface area contributed by atoms with E-state index in [1.165, 1.54) is 5.56 Å². The Balaban J connectivity index is 2.47. The summed E-state index contributed by atoms with van der Waals surface area (Å²) in [4.78, 5) is 9.00. The molecule has 0 aliphatic carbocycles. The average molecular weight is 354 g/mol. The molecule has 0 saturated heterocycles. The van der Waals surface area contributed by atoms with Gasteiger partial charge in [-0.15, -0.1) is 0 Å². The molecule has 0 bridgehead atoms. The quantitative estimate of drug-likeness (QED) is 0.651. The summed E-state index contributed by atoms with van der Waals surface area (Å²) in [5.74, 6) is 1.49. The molecule has 0 unspecified atom stereocenters. The topological polar surface area (TPSA) is 25.8 Å². The van der Waals surface area contributed by atoms with E-state index in [0.29, 0.717) is 22.8 Å². The lowest BCUT2D eigenvalue weighted by atomic mass is 10.0. The predicted octanol–water partition coefficient (Wildman–Crippen LogP) is 5.81. The molecular formula is C16H18BrClN2. The van der Waals surface area contributed by atoms with Gasteiger partial charge in [-0.25, -0.2) is 9.97 Å². The van der Waals surface area contributed by atoms with Gasteiger partial charge in [-0.2, -0.15) is 0 Å². The summed E-state index contributed by atoms with van der Waals surface area (Å²) in [5, 5.41) is 0.464. The third kappa shape index (κ3) is 3.21. The summed E-state index contributed by atoms with van der Waals surface area (Å²) in [6.07, 6.45) is 0. The van der Waals surface area contributed by atoms with Gasteiger partial charge < -0.3 is 0 Å². The van der Waals surface area contributed by atoms with Crippen molar-refractivity contribution >= 4 is 27.5 Å². The van der Waals surface area contributed by atoms with Crippen LogP contribution in [0.1, 0.15) is 50.8 Å². The first-order chi connectivity index (χ1) is 9.40. The SMILES string of the molecule is CC(C)c1ccc(-c2nc(Cl)c(Br)c(C(C)C)n2)cc1. The lowest BCUT2D eigenvalue weighted by molar-refractivity contribution is 0.809. The van der Waals surface area contributed by atoms with Crippen LogP contribution in [-0.2, 0) is 0 Å². The molecule has 2 nitrogen and oxygen atoms in total. The molecule has 2 rings (SSSR count). The molecule has 0 saturated carbocycles. The first-order valence-corrected chi connectivity index (χ1v) is 7.90. The molecule has 0 aliphatic rings. The number of hydrogen-bond donors (Lipinski definition) is 0. The van der Waals surface area contributed by atoms with Gasteiger partial charge in [-0.1, -0.05) is 63.6 Å². The zero-order chi connectivity index (χ0) is 14.9. The summed E-state index contributed by atoms with van der Waals surface area (Å²) in [7, 11) is 0. The number of benzene rings is 1. The largest absolute Gasteiger partial charge is 0.232 e. The summed E-state index contributed by atoms with van der Waals surface area (Å²) < 4.78 is 0.789. The fourth-order valence-electron chi connectivity index (χ4n) is 1.96. The zero-order valence-electron chi connectivity index (χ0n) is 12.1. The molecule has 1 aromatic heterocycles. The second kappa shape index (κ2) is 6.23. The molecule has 0 N–H and O–H groups in total. The first kappa shape index (κ1) is 15.5. The highest BCUT2D eigenvalue weighted by Crippen LogP contribution is 2.31. The highest BCUT2D eigenvalue weighted by atomic mass is 79.9. The van der Waals surface area contributed by atoms with Crippen LogP contribution in [0.25, 0.3) is 11.4 Å². The molecule has 106 valence electrons. The minimum absolute atomic E-state index is 0.290. The molecule has 0 amide bonds. The summed E-state index contributed by atoms with van der Waals surface area (Å²) in [6.45, 7) is 8.54. The number of aromatic nitrogens is 2. The summed E-state index contributed by atoms with van der Waals surface area (Å²) in [5.41, 5.74) is 3.24. The van der Waals surface area contributed by atoms with Gasteiger partial charge in [0, 0.05) is 5.56 Å². The molecule has 0 spiro atoms. The zero-order valence-corrected chi connectivity index (χ0v) is 14.5. The van der Waals surface area contributed by atoms with Gasteiger partial charge in [0.2, 0.25) is 0 Å². The highest BCUT2D eigenvalue weighted by Gasteiger charge is 2.14. The van der Waals surface area contributed by atoms with E-state index >= 15 is 0 Å². The third-order valence-corrected chi connectivity index (χ3v) is 4.50. The molecule has 2 aromatic rings. The Hall–Kier alpha value is -0.930. The van der Waals surface area contributed by atoms with Crippen molar-refractivity contribution in [1.82, 2.24) is 9.97 Å². The Morgan fingerprint density at radius 2 is 1.55 bits per heavy atom. The number of halogens is 2. The molecule has 0 atom stereocenters. The van der Waals surface area contributed by atoms with Crippen LogP contribution in [0.4, 0.5) is 0 Å². The van der Waals surface area contributed by atoms with E-state index in [4.69, 9.17) is 11.6 Å². The lowest BCUT2D eigenvalue weighted by Gasteiger charge is -2.11. The number of nitrogens with zero attached hydrogens (tertiary/aromatic N) is 2. The summed E-state index contributed by atoms with van der Waals surface area (Å²) in [6, 6.07) is 8.35. The van der Waals surface area contributed by atoms with Gasteiger partial charge in [0.15, 0.2) is 5.82 Å². The van der Waals surface area contributed by atoms with Crippen molar-refractivity contribution in [3.63, 3.8) is 0 Å². The van der Waals surface area contributed by atoms with Crippen molar-refractivity contribution in [2.75, 3.05) is 0 Å². The monoisotopic (exact) mass is 352 g/mol.